The first-order chi connectivity index (χ1) is 10.2. The number of hydrazine groups is 1. The third-order valence-electron chi connectivity index (χ3n) is 2.59. The molecule has 8 heteroatoms. The minimum Gasteiger partial charge on any atom is -0.492 e. The smallest absolute Gasteiger partial charge is 0.276 e. The molecule has 21 heavy (non-hydrogen) atoms. The topological polar surface area (TPSA) is 115 Å². The zero-order chi connectivity index (χ0) is 15.1. The quantitative estimate of drug-likeness (QED) is 0.308. The lowest BCUT2D eigenvalue weighted by atomic mass is 10.3. The fourth-order valence-electron chi connectivity index (χ4n) is 1.65. The molecule has 8 nitrogen and oxygen atoms in total. The third-order valence-corrected chi connectivity index (χ3v) is 2.59. The van der Waals surface area contributed by atoms with E-state index in [1.807, 2.05) is 30.3 Å². The van der Waals surface area contributed by atoms with Crippen LogP contribution in [0.1, 0.15) is 0 Å². The summed E-state index contributed by atoms with van der Waals surface area (Å²) < 4.78 is 5.50. The fourth-order valence-corrected chi connectivity index (χ4v) is 1.65. The van der Waals surface area contributed by atoms with Crippen LogP contribution in [0.2, 0.25) is 0 Å². The first-order valence-corrected chi connectivity index (χ1v) is 6.24. The van der Waals surface area contributed by atoms with Gasteiger partial charge in [-0.2, -0.15) is 0 Å². The van der Waals surface area contributed by atoms with Crippen LogP contribution in [0.5, 0.6) is 5.75 Å². The van der Waals surface area contributed by atoms with Gasteiger partial charge in [0.1, 0.15) is 24.0 Å². The molecule has 0 atom stereocenters. The van der Waals surface area contributed by atoms with Crippen molar-refractivity contribution in [2.75, 3.05) is 23.9 Å². The summed E-state index contributed by atoms with van der Waals surface area (Å²) >= 11 is 0. The number of hydrogen-bond donors (Lipinski definition) is 3. The molecule has 1 heterocycles. The second-order valence-electron chi connectivity index (χ2n) is 4.09. The van der Waals surface area contributed by atoms with Gasteiger partial charge in [-0.1, -0.05) is 18.2 Å². The van der Waals surface area contributed by atoms with Gasteiger partial charge < -0.3 is 15.5 Å². The van der Waals surface area contributed by atoms with E-state index in [-0.39, 0.29) is 11.5 Å². The lowest BCUT2D eigenvalue weighted by Gasteiger charge is -2.09. The van der Waals surface area contributed by atoms with E-state index in [0.717, 1.165) is 5.75 Å². The van der Waals surface area contributed by atoms with Gasteiger partial charge in [0.2, 0.25) is 0 Å². The van der Waals surface area contributed by atoms with Crippen molar-refractivity contribution < 1.29 is 9.66 Å². The van der Waals surface area contributed by atoms with Crippen molar-refractivity contribution in [3.8, 4) is 5.75 Å². The Kier molecular flexibility index (Phi) is 4.89. The second-order valence-corrected chi connectivity index (χ2v) is 4.09. The molecule has 0 aliphatic heterocycles. The fraction of sp³-hybridized carbons (Fsp3) is 0.154. The average molecular weight is 289 g/mol. The van der Waals surface area contributed by atoms with E-state index in [9.17, 15) is 10.1 Å². The first-order valence-electron chi connectivity index (χ1n) is 6.24. The number of nitrogens with zero attached hydrogens (tertiary/aromatic N) is 2. The molecule has 0 amide bonds. The Labute approximate surface area is 121 Å². The number of nitrogens with one attached hydrogen (secondary N) is 2. The molecule has 110 valence electrons. The maximum absolute atomic E-state index is 10.8. The van der Waals surface area contributed by atoms with E-state index in [4.69, 9.17) is 10.6 Å². The van der Waals surface area contributed by atoms with Crippen LogP contribution in [-0.4, -0.2) is 23.1 Å². The Bertz CT molecular complexity index is 606. The van der Waals surface area contributed by atoms with Gasteiger partial charge in [-0.25, -0.2) is 10.8 Å². The molecule has 0 saturated heterocycles. The van der Waals surface area contributed by atoms with Crippen LogP contribution in [-0.2, 0) is 0 Å². The summed E-state index contributed by atoms with van der Waals surface area (Å²) in [5.74, 6) is 6.56. The van der Waals surface area contributed by atoms with Crippen molar-refractivity contribution in [2.45, 2.75) is 0 Å². The highest BCUT2D eigenvalue weighted by Crippen LogP contribution is 2.19. The number of nitro groups is 1. The van der Waals surface area contributed by atoms with Crippen LogP contribution in [0.25, 0.3) is 0 Å². The Morgan fingerprint density at radius 2 is 1.95 bits per heavy atom. The second kappa shape index (κ2) is 7.06. The van der Waals surface area contributed by atoms with Crippen molar-refractivity contribution in [2.24, 2.45) is 5.84 Å². The van der Waals surface area contributed by atoms with Gasteiger partial charge >= 0.3 is 0 Å². The summed E-state index contributed by atoms with van der Waals surface area (Å²) in [5.41, 5.74) is 2.20. The average Bonchev–Trinajstić information content (AvgIpc) is 2.52. The number of nitrogens with two attached hydrogens (primary N) is 1. The lowest BCUT2D eigenvalue weighted by molar-refractivity contribution is -0.384. The standard InChI is InChI=1S/C13H15N5O3/c14-17-13-9-10(18(19)20)8-12(16-13)15-6-7-21-11-4-2-1-3-5-11/h1-5,8-9H,6-7,14H2,(H2,15,16,17). The minimum absolute atomic E-state index is 0.0931. The highest BCUT2D eigenvalue weighted by Gasteiger charge is 2.10. The van der Waals surface area contributed by atoms with Crippen LogP contribution in [0.3, 0.4) is 0 Å². The number of pyridine rings is 1. The van der Waals surface area contributed by atoms with E-state index in [1.165, 1.54) is 12.1 Å². The zero-order valence-electron chi connectivity index (χ0n) is 11.2. The number of para-hydroxylation sites is 1. The van der Waals surface area contributed by atoms with Crippen molar-refractivity contribution in [3.63, 3.8) is 0 Å². The maximum Gasteiger partial charge on any atom is 0.276 e. The molecule has 0 aliphatic carbocycles. The van der Waals surface area contributed by atoms with Gasteiger partial charge in [-0.15, -0.1) is 0 Å². The molecule has 1 aromatic heterocycles. The van der Waals surface area contributed by atoms with Crippen LogP contribution in [0.15, 0.2) is 42.5 Å². The van der Waals surface area contributed by atoms with E-state index in [2.05, 4.69) is 15.7 Å². The Hall–Kier alpha value is -2.87. The predicted octanol–water partition coefficient (Wildman–Crippen LogP) is 1.77. The monoisotopic (exact) mass is 289 g/mol. The Morgan fingerprint density at radius 3 is 2.62 bits per heavy atom. The summed E-state index contributed by atoms with van der Waals surface area (Å²) in [7, 11) is 0. The lowest BCUT2D eigenvalue weighted by Crippen LogP contribution is -2.14. The molecular weight excluding hydrogens is 274 g/mol. The first kappa shape index (κ1) is 14.5. The summed E-state index contributed by atoms with van der Waals surface area (Å²) in [6.07, 6.45) is 0. The number of nitrogen functional groups attached to an aromatic ring is 1. The van der Waals surface area contributed by atoms with Gasteiger partial charge in [0.25, 0.3) is 5.69 Å². The Morgan fingerprint density at radius 1 is 1.24 bits per heavy atom. The number of benzene rings is 1. The maximum atomic E-state index is 10.8. The molecule has 2 rings (SSSR count). The SMILES string of the molecule is NNc1cc([N+](=O)[O-])cc(NCCOc2ccccc2)n1. The van der Waals surface area contributed by atoms with Gasteiger partial charge in [0.05, 0.1) is 23.6 Å². The van der Waals surface area contributed by atoms with Crippen LogP contribution in [0.4, 0.5) is 17.3 Å². The summed E-state index contributed by atoms with van der Waals surface area (Å²) in [6.45, 7) is 0.854. The molecule has 0 bridgehead atoms. The molecular formula is C13H15N5O3. The number of hydrogen-bond acceptors (Lipinski definition) is 7. The molecule has 0 unspecified atom stereocenters. The van der Waals surface area contributed by atoms with Gasteiger partial charge in [0, 0.05) is 0 Å². The van der Waals surface area contributed by atoms with Crippen molar-refractivity contribution in [1.29, 1.82) is 0 Å². The molecule has 2 aromatic rings. The summed E-state index contributed by atoms with van der Waals surface area (Å²) in [4.78, 5) is 14.4. The van der Waals surface area contributed by atoms with E-state index in [0.29, 0.717) is 19.0 Å². The normalized spacial score (nSPS) is 9.95. The molecule has 0 spiro atoms. The highest BCUT2D eigenvalue weighted by atomic mass is 16.6. The zero-order valence-corrected chi connectivity index (χ0v) is 11.2. The molecule has 0 radical (unpaired) electrons. The summed E-state index contributed by atoms with van der Waals surface area (Å²) in [6, 6.07) is 12.0. The van der Waals surface area contributed by atoms with Crippen LogP contribution >= 0.6 is 0 Å². The van der Waals surface area contributed by atoms with E-state index >= 15 is 0 Å². The van der Waals surface area contributed by atoms with Crippen LogP contribution < -0.4 is 21.3 Å². The molecule has 1 aromatic carbocycles. The summed E-state index contributed by atoms with van der Waals surface area (Å²) in [5, 5.41) is 13.7. The third kappa shape index (κ3) is 4.32. The van der Waals surface area contributed by atoms with Crippen molar-refractivity contribution >= 4 is 17.3 Å². The minimum atomic E-state index is -0.506. The number of rotatable bonds is 7. The van der Waals surface area contributed by atoms with Crippen LogP contribution in [0, 0.1) is 10.1 Å². The number of ether oxygens (including phenoxy) is 1. The molecule has 0 aliphatic rings. The number of aromatic nitrogens is 1. The molecule has 0 saturated carbocycles. The van der Waals surface area contributed by atoms with E-state index in [1.54, 1.807) is 0 Å². The largest absolute Gasteiger partial charge is 0.492 e. The molecule has 4 N–H and O–H groups in total. The van der Waals surface area contributed by atoms with Gasteiger partial charge in [-0.3, -0.25) is 10.1 Å². The van der Waals surface area contributed by atoms with Crippen molar-refractivity contribution in [1.82, 2.24) is 4.98 Å². The van der Waals surface area contributed by atoms with Crippen molar-refractivity contribution in [3.05, 3.63) is 52.6 Å². The number of anilines is 2. The molecule has 0 fully saturated rings. The Balaban J connectivity index is 1.90. The van der Waals surface area contributed by atoms with Gasteiger partial charge in [0.15, 0.2) is 0 Å². The predicted molar refractivity (Wildman–Crippen MR) is 79.1 cm³/mol. The van der Waals surface area contributed by atoms with Gasteiger partial charge in [-0.05, 0) is 12.1 Å². The highest BCUT2D eigenvalue weighted by molar-refractivity contribution is 5.54. The van der Waals surface area contributed by atoms with E-state index < -0.39 is 4.92 Å².